The number of hydrogen-bond donors (Lipinski definition) is 2. The summed E-state index contributed by atoms with van der Waals surface area (Å²) >= 11 is 13.5. The number of carbonyl (C=O) groups excluding carboxylic acids is 1. The zero-order chi connectivity index (χ0) is 25.2. The van der Waals surface area contributed by atoms with Gasteiger partial charge in [0.25, 0.3) is 5.91 Å². The zero-order valence-corrected chi connectivity index (χ0v) is 21.3. The van der Waals surface area contributed by atoms with Gasteiger partial charge >= 0.3 is 0 Å². The molecule has 2 heterocycles. The zero-order valence-electron chi connectivity index (χ0n) is 19.0. The third-order valence-corrected chi connectivity index (χ3v) is 7.02. The van der Waals surface area contributed by atoms with Crippen molar-refractivity contribution >= 4 is 52.5 Å². The van der Waals surface area contributed by atoms with Gasteiger partial charge in [-0.2, -0.15) is 4.98 Å². The fourth-order valence-corrected chi connectivity index (χ4v) is 5.06. The lowest BCUT2D eigenvalue weighted by molar-refractivity contribution is -0.113. The summed E-state index contributed by atoms with van der Waals surface area (Å²) in [5.41, 5.74) is 3.42. The standard InChI is InChI=1S/C26H20Cl2FN5OS/c1-15-22(24(35)31-21-11-7-18(27)8-12-21)23(17-5-9-20(29)10-6-17)34-25(30-15)32-26(33-34)36-14-16-3-2-4-19(28)13-16/h2-13,23H,14H2,1H3,(H,31,35)(H,30,32,33). The lowest BCUT2D eigenvalue weighted by Crippen LogP contribution is -2.31. The minimum absolute atomic E-state index is 0.314. The molecule has 10 heteroatoms. The van der Waals surface area contributed by atoms with E-state index in [2.05, 4.69) is 15.6 Å². The monoisotopic (exact) mass is 539 g/mol. The summed E-state index contributed by atoms with van der Waals surface area (Å²) < 4.78 is 15.4. The summed E-state index contributed by atoms with van der Waals surface area (Å²) in [6, 6.07) is 19.9. The molecular weight excluding hydrogens is 520 g/mol. The number of anilines is 2. The molecule has 1 aromatic heterocycles. The number of thioether (sulfide) groups is 1. The number of rotatable bonds is 6. The Bertz CT molecular complexity index is 1450. The molecule has 0 saturated carbocycles. The predicted molar refractivity (Wildman–Crippen MR) is 142 cm³/mol. The molecule has 0 saturated heterocycles. The van der Waals surface area contributed by atoms with Crippen molar-refractivity contribution < 1.29 is 9.18 Å². The molecule has 1 aliphatic rings. The molecular formula is C26H20Cl2FN5OS. The predicted octanol–water partition coefficient (Wildman–Crippen LogP) is 6.94. The highest BCUT2D eigenvalue weighted by atomic mass is 35.5. The summed E-state index contributed by atoms with van der Waals surface area (Å²) in [5, 5.41) is 12.6. The highest BCUT2D eigenvalue weighted by molar-refractivity contribution is 7.98. The minimum atomic E-state index is -0.609. The van der Waals surface area contributed by atoms with Gasteiger partial charge in [-0.25, -0.2) is 9.07 Å². The molecule has 0 fully saturated rings. The average Bonchev–Trinajstić information content (AvgIpc) is 3.26. The van der Waals surface area contributed by atoms with Gasteiger partial charge in [0.1, 0.15) is 11.9 Å². The molecule has 1 aliphatic heterocycles. The Morgan fingerprint density at radius 3 is 2.56 bits per heavy atom. The maximum Gasteiger partial charge on any atom is 0.255 e. The van der Waals surface area contributed by atoms with Crippen LogP contribution in [0.3, 0.4) is 0 Å². The molecule has 6 nitrogen and oxygen atoms in total. The number of nitrogens with zero attached hydrogens (tertiary/aromatic N) is 3. The van der Waals surface area contributed by atoms with Crippen molar-refractivity contribution in [3.63, 3.8) is 0 Å². The number of carbonyl (C=O) groups is 1. The van der Waals surface area contributed by atoms with E-state index in [0.29, 0.717) is 49.4 Å². The first-order chi connectivity index (χ1) is 17.4. The van der Waals surface area contributed by atoms with Crippen LogP contribution in [0.25, 0.3) is 0 Å². The third kappa shape index (κ3) is 5.26. The van der Waals surface area contributed by atoms with Crippen LogP contribution in [0.2, 0.25) is 10.0 Å². The Hall–Kier alpha value is -3.33. The molecule has 0 aliphatic carbocycles. The summed E-state index contributed by atoms with van der Waals surface area (Å²) in [7, 11) is 0. The first-order valence-corrected chi connectivity index (χ1v) is 12.8. The van der Waals surface area contributed by atoms with Crippen LogP contribution in [-0.4, -0.2) is 20.7 Å². The quantitative estimate of drug-likeness (QED) is 0.259. The van der Waals surface area contributed by atoms with Crippen LogP contribution in [0, 0.1) is 5.82 Å². The molecule has 0 radical (unpaired) electrons. The Labute approximate surface area is 221 Å². The minimum Gasteiger partial charge on any atom is -0.328 e. The number of hydrogen-bond acceptors (Lipinski definition) is 5. The van der Waals surface area contributed by atoms with Crippen molar-refractivity contribution in [3.05, 3.63) is 111 Å². The van der Waals surface area contributed by atoms with Crippen LogP contribution >= 0.6 is 35.0 Å². The van der Waals surface area contributed by atoms with Gasteiger partial charge in [-0.05, 0) is 66.6 Å². The van der Waals surface area contributed by atoms with Gasteiger partial charge in [0.15, 0.2) is 0 Å². The van der Waals surface area contributed by atoms with E-state index in [0.717, 1.165) is 5.56 Å². The van der Waals surface area contributed by atoms with E-state index in [1.807, 2.05) is 31.2 Å². The van der Waals surface area contributed by atoms with E-state index in [1.165, 1.54) is 23.9 Å². The van der Waals surface area contributed by atoms with Crippen LogP contribution in [-0.2, 0) is 10.5 Å². The van der Waals surface area contributed by atoms with Gasteiger partial charge in [0.05, 0.1) is 5.57 Å². The van der Waals surface area contributed by atoms with Crippen molar-refractivity contribution in [3.8, 4) is 0 Å². The van der Waals surface area contributed by atoms with Gasteiger partial charge in [-0.15, -0.1) is 5.10 Å². The smallest absolute Gasteiger partial charge is 0.255 e. The highest BCUT2D eigenvalue weighted by Crippen LogP contribution is 2.37. The van der Waals surface area contributed by atoms with E-state index in [1.54, 1.807) is 41.1 Å². The van der Waals surface area contributed by atoms with Crippen molar-refractivity contribution in [1.82, 2.24) is 14.8 Å². The number of halogens is 3. The second-order valence-electron chi connectivity index (χ2n) is 8.16. The van der Waals surface area contributed by atoms with Crippen molar-refractivity contribution in [2.24, 2.45) is 0 Å². The first kappa shape index (κ1) is 24.4. The van der Waals surface area contributed by atoms with Gasteiger partial charge in [0.2, 0.25) is 11.1 Å². The first-order valence-electron chi connectivity index (χ1n) is 11.0. The van der Waals surface area contributed by atoms with Gasteiger partial charge in [-0.1, -0.05) is 59.2 Å². The molecule has 1 unspecified atom stereocenters. The fraction of sp³-hybridized carbons (Fsp3) is 0.115. The summed E-state index contributed by atoms with van der Waals surface area (Å²) in [6.45, 7) is 1.81. The molecule has 0 spiro atoms. The third-order valence-electron chi connectivity index (χ3n) is 5.62. The molecule has 1 atom stereocenters. The summed E-state index contributed by atoms with van der Waals surface area (Å²) in [5.74, 6) is 0.447. The number of amides is 1. The summed E-state index contributed by atoms with van der Waals surface area (Å²) in [6.07, 6.45) is 0. The van der Waals surface area contributed by atoms with E-state index >= 15 is 0 Å². The topological polar surface area (TPSA) is 71.8 Å². The normalized spacial score (nSPS) is 14.8. The number of fused-ring (bicyclic) bond motifs is 1. The Balaban J connectivity index is 1.48. The average molecular weight is 540 g/mol. The number of allylic oxidation sites excluding steroid dienone is 1. The van der Waals surface area contributed by atoms with Crippen LogP contribution < -0.4 is 10.6 Å². The van der Waals surface area contributed by atoms with Gasteiger partial charge < -0.3 is 10.6 Å². The van der Waals surface area contributed by atoms with Crippen LogP contribution in [0.4, 0.5) is 16.0 Å². The molecule has 182 valence electrons. The van der Waals surface area contributed by atoms with Gasteiger partial charge in [-0.3, -0.25) is 4.79 Å². The molecule has 4 aromatic rings. The lowest BCUT2D eigenvalue weighted by atomic mass is 9.95. The number of aromatic nitrogens is 3. The lowest BCUT2D eigenvalue weighted by Gasteiger charge is -2.28. The summed E-state index contributed by atoms with van der Waals surface area (Å²) in [4.78, 5) is 18.1. The molecule has 0 bridgehead atoms. The Morgan fingerprint density at radius 1 is 1.08 bits per heavy atom. The van der Waals surface area contributed by atoms with Gasteiger partial charge in [0, 0.05) is 27.2 Å². The number of benzene rings is 3. The van der Waals surface area contributed by atoms with Crippen LogP contribution in [0.5, 0.6) is 0 Å². The second-order valence-corrected chi connectivity index (χ2v) is 9.98. The van der Waals surface area contributed by atoms with E-state index in [4.69, 9.17) is 28.3 Å². The molecule has 2 N–H and O–H groups in total. The molecule has 3 aromatic carbocycles. The Morgan fingerprint density at radius 2 is 1.83 bits per heavy atom. The largest absolute Gasteiger partial charge is 0.328 e. The maximum absolute atomic E-state index is 13.7. The highest BCUT2D eigenvalue weighted by Gasteiger charge is 2.34. The molecule has 36 heavy (non-hydrogen) atoms. The molecule has 5 rings (SSSR count). The maximum atomic E-state index is 13.7. The van der Waals surface area contributed by atoms with E-state index < -0.39 is 6.04 Å². The van der Waals surface area contributed by atoms with E-state index in [9.17, 15) is 9.18 Å². The molecule has 1 amide bonds. The van der Waals surface area contributed by atoms with Crippen LogP contribution in [0.15, 0.2) is 89.2 Å². The van der Waals surface area contributed by atoms with E-state index in [-0.39, 0.29) is 11.7 Å². The SMILES string of the molecule is CC1=C(C(=O)Nc2ccc(Cl)cc2)C(c2ccc(F)cc2)n2nc(SCc3cccc(Cl)c3)nc2N1. The number of nitrogens with one attached hydrogen (secondary N) is 2. The van der Waals surface area contributed by atoms with Crippen LogP contribution in [0.1, 0.15) is 24.1 Å². The van der Waals surface area contributed by atoms with Crippen molar-refractivity contribution in [2.75, 3.05) is 10.6 Å². The fourth-order valence-electron chi connectivity index (χ4n) is 3.95. The second kappa shape index (κ2) is 10.3. The van der Waals surface area contributed by atoms with Crippen molar-refractivity contribution in [2.45, 2.75) is 23.9 Å². The van der Waals surface area contributed by atoms with Crippen molar-refractivity contribution in [1.29, 1.82) is 0 Å². The Kier molecular flexibility index (Phi) is 7.00.